The van der Waals surface area contributed by atoms with Crippen LogP contribution >= 0.6 is 0 Å². The van der Waals surface area contributed by atoms with Crippen molar-refractivity contribution >= 4 is 0 Å². The van der Waals surface area contributed by atoms with Crippen LogP contribution in [-0.2, 0) is 4.74 Å². The van der Waals surface area contributed by atoms with Gasteiger partial charge in [-0.1, -0.05) is 60.7 Å². The molecule has 0 atom stereocenters. The summed E-state index contributed by atoms with van der Waals surface area (Å²) in [5.41, 5.74) is 4.49. The SMILES string of the molecule is C/C=C/C=C/COC1CCC(c2ccc(-c3ccc(C#N)cc3)cc2)CC1. The van der Waals surface area contributed by atoms with Gasteiger partial charge in [0.25, 0.3) is 0 Å². The monoisotopic (exact) mass is 357 g/mol. The topological polar surface area (TPSA) is 33.0 Å². The number of rotatable bonds is 6. The molecule has 0 N–H and O–H groups in total. The zero-order chi connectivity index (χ0) is 18.9. The quantitative estimate of drug-likeness (QED) is 0.560. The van der Waals surface area contributed by atoms with Gasteiger partial charge in [0.1, 0.15) is 0 Å². The van der Waals surface area contributed by atoms with E-state index in [4.69, 9.17) is 10.00 Å². The van der Waals surface area contributed by atoms with Crippen molar-refractivity contribution in [3.63, 3.8) is 0 Å². The minimum absolute atomic E-state index is 0.398. The molecular formula is C25H27NO. The molecule has 0 aliphatic heterocycles. The lowest BCUT2D eigenvalue weighted by Crippen LogP contribution is -2.20. The standard InChI is InChI=1S/C25H27NO/c1-2-3-4-5-18-27-25-16-14-24(15-17-25)23-12-10-22(11-13-23)21-8-6-20(19-26)7-9-21/h2-13,24-25H,14-18H2,1H3/b3-2+,5-4+. The van der Waals surface area contributed by atoms with Crippen molar-refractivity contribution in [1.82, 2.24) is 0 Å². The molecule has 1 aliphatic carbocycles. The van der Waals surface area contributed by atoms with E-state index in [1.165, 1.54) is 24.0 Å². The molecule has 138 valence electrons. The van der Waals surface area contributed by atoms with Crippen LogP contribution in [0.15, 0.2) is 72.8 Å². The number of hydrogen-bond donors (Lipinski definition) is 0. The Morgan fingerprint density at radius 1 is 0.926 bits per heavy atom. The van der Waals surface area contributed by atoms with Crippen LogP contribution in [-0.4, -0.2) is 12.7 Å². The fraction of sp³-hybridized carbons (Fsp3) is 0.320. The van der Waals surface area contributed by atoms with Gasteiger partial charge in [-0.2, -0.15) is 5.26 Å². The van der Waals surface area contributed by atoms with Gasteiger partial charge in [0.2, 0.25) is 0 Å². The first-order valence-electron chi connectivity index (χ1n) is 9.80. The van der Waals surface area contributed by atoms with Gasteiger partial charge < -0.3 is 4.74 Å². The van der Waals surface area contributed by atoms with Gasteiger partial charge >= 0.3 is 0 Å². The maximum atomic E-state index is 8.92. The summed E-state index contributed by atoms with van der Waals surface area (Å²) in [4.78, 5) is 0. The highest BCUT2D eigenvalue weighted by Crippen LogP contribution is 2.35. The van der Waals surface area contributed by atoms with E-state index in [0.29, 0.717) is 24.2 Å². The van der Waals surface area contributed by atoms with Crippen molar-refractivity contribution in [3.05, 3.63) is 84.0 Å². The summed E-state index contributed by atoms with van der Waals surface area (Å²) in [7, 11) is 0. The van der Waals surface area contributed by atoms with Crippen LogP contribution in [0, 0.1) is 11.3 Å². The predicted octanol–water partition coefficient (Wildman–Crippen LogP) is 6.40. The van der Waals surface area contributed by atoms with Crippen molar-refractivity contribution in [2.45, 2.75) is 44.6 Å². The molecule has 27 heavy (non-hydrogen) atoms. The number of nitrogens with zero attached hydrogens (tertiary/aromatic N) is 1. The Bertz CT molecular complexity index is 801. The van der Waals surface area contributed by atoms with Crippen LogP contribution in [0.3, 0.4) is 0 Å². The highest BCUT2D eigenvalue weighted by molar-refractivity contribution is 5.64. The normalized spacial score (nSPS) is 20.1. The molecule has 2 nitrogen and oxygen atoms in total. The molecule has 1 saturated carbocycles. The Balaban J connectivity index is 1.52. The molecule has 0 aromatic heterocycles. The molecule has 0 saturated heterocycles. The summed E-state index contributed by atoms with van der Waals surface area (Å²) < 4.78 is 5.97. The number of hydrogen-bond acceptors (Lipinski definition) is 2. The van der Waals surface area contributed by atoms with E-state index in [-0.39, 0.29) is 0 Å². The zero-order valence-corrected chi connectivity index (χ0v) is 16.0. The maximum absolute atomic E-state index is 8.92. The number of nitriles is 1. The number of ether oxygens (including phenoxy) is 1. The van der Waals surface area contributed by atoms with Crippen molar-refractivity contribution in [1.29, 1.82) is 5.26 Å². The fourth-order valence-corrected chi connectivity index (χ4v) is 3.68. The summed E-state index contributed by atoms with van der Waals surface area (Å²) in [5.74, 6) is 0.637. The molecule has 0 bridgehead atoms. The molecule has 3 rings (SSSR count). The molecule has 2 heteroatoms. The lowest BCUT2D eigenvalue weighted by atomic mass is 9.82. The van der Waals surface area contributed by atoms with Gasteiger partial charge in [-0.25, -0.2) is 0 Å². The predicted molar refractivity (Wildman–Crippen MR) is 111 cm³/mol. The van der Waals surface area contributed by atoms with Crippen LogP contribution in [0.4, 0.5) is 0 Å². The highest BCUT2D eigenvalue weighted by atomic mass is 16.5. The van der Waals surface area contributed by atoms with Gasteiger partial charge in [-0.05, 0) is 67.3 Å². The molecule has 2 aromatic carbocycles. The van der Waals surface area contributed by atoms with Gasteiger partial charge in [0, 0.05) is 0 Å². The second kappa shape index (κ2) is 9.90. The first-order valence-corrected chi connectivity index (χ1v) is 9.80. The highest BCUT2D eigenvalue weighted by Gasteiger charge is 2.22. The third kappa shape index (κ3) is 5.42. The summed E-state index contributed by atoms with van der Waals surface area (Å²) in [5, 5.41) is 8.92. The number of benzene rings is 2. The summed E-state index contributed by atoms with van der Waals surface area (Å²) in [6.45, 7) is 2.72. The number of allylic oxidation sites excluding steroid dienone is 3. The average molecular weight is 357 g/mol. The Labute approximate surface area is 162 Å². The molecule has 1 aliphatic rings. The molecule has 2 aromatic rings. The summed E-state index contributed by atoms with van der Waals surface area (Å²) >= 11 is 0. The van der Waals surface area contributed by atoms with E-state index in [0.717, 1.165) is 18.4 Å². The minimum Gasteiger partial charge on any atom is -0.374 e. The Morgan fingerprint density at radius 3 is 2.15 bits per heavy atom. The first kappa shape index (κ1) is 19.1. The second-order valence-corrected chi connectivity index (χ2v) is 7.07. The Hall–Kier alpha value is -2.63. The Morgan fingerprint density at radius 2 is 1.56 bits per heavy atom. The van der Waals surface area contributed by atoms with Crippen molar-refractivity contribution in [2.75, 3.05) is 6.61 Å². The molecule has 0 heterocycles. The molecule has 0 spiro atoms. The van der Waals surface area contributed by atoms with E-state index in [1.54, 1.807) is 0 Å². The molecule has 0 amide bonds. The zero-order valence-electron chi connectivity index (χ0n) is 16.0. The van der Waals surface area contributed by atoms with Gasteiger partial charge in [-0.15, -0.1) is 0 Å². The van der Waals surface area contributed by atoms with Crippen molar-refractivity contribution in [3.8, 4) is 17.2 Å². The maximum Gasteiger partial charge on any atom is 0.0991 e. The van der Waals surface area contributed by atoms with Crippen molar-refractivity contribution < 1.29 is 4.74 Å². The lowest BCUT2D eigenvalue weighted by Gasteiger charge is -2.28. The summed E-state index contributed by atoms with van der Waals surface area (Å²) in [6, 6.07) is 18.9. The first-order chi connectivity index (χ1) is 13.3. The van der Waals surface area contributed by atoms with Gasteiger partial charge in [0.05, 0.1) is 24.3 Å². The molecule has 0 unspecified atom stereocenters. The van der Waals surface area contributed by atoms with Crippen LogP contribution in [0.5, 0.6) is 0 Å². The van der Waals surface area contributed by atoms with Crippen molar-refractivity contribution in [2.24, 2.45) is 0 Å². The van der Waals surface area contributed by atoms with Crippen LogP contribution in [0.1, 0.15) is 49.7 Å². The molecule has 0 radical (unpaired) electrons. The molecule has 1 fully saturated rings. The third-order valence-corrected chi connectivity index (χ3v) is 5.27. The minimum atomic E-state index is 0.398. The Kier molecular flexibility index (Phi) is 7.02. The van der Waals surface area contributed by atoms with E-state index in [2.05, 4.69) is 36.4 Å². The van der Waals surface area contributed by atoms with E-state index in [1.807, 2.05) is 49.4 Å². The second-order valence-electron chi connectivity index (χ2n) is 7.07. The summed E-state index contributed by atoms with van der Waals surface area (Å²) in [6.07, 6.45) is 13.2. The van der Waals surface area contributed by atoms with E-state index < -0.39 is 0 Å². The van der Waals surface area contributed by atoms with Crippen LogP contribution in [0.25, 0.3) is 11.1 Å². The van der Waals surface area contributed by atoms with Crippen LogP contribution < -0.4 is 0 Å². The average Bonchev–Trinajstić information content (AvgIpc) is 2.74. The smallest absolute Gasteiger partial charge is 0.0991 e. The van der Waals surface area contributed by atoms with Gasteiger partial charge in [0.15, 0.2) is 0 Å². The van der Waals surface area contributed by atoms with E-state index >= 15 is 0 Å². The largest absolute Gasteiger partial charge is 0.374 e. The lowest BCUT2D eigenvalue weighted by molar-refractivity contribution is 0.0422. The van der Waals surface area contributed by atoms with Crippen LogP contribution in [0.2, 0.25) is 0 Å². The van der Waals surface area contributed by atoms with Gasteiger partial charge in [-0.3, -0.25) is 0 Å². The van der Waals surface area contributed by atoms with E-state index in [9.17, 15) is 0 Å². The third-order valence-electron chi connectivity index (χ3n) is 5.27. The molecular weight excluding hydrogens is 330 g/mol. The fourth-order valence-electron chi connectivity index (χ4n) is 3.68.